The summed E-state index contributed by atoms with van der Waals surface area (Å²) in [4.78, 5) is 36.9. The Balaban J connectivity index is 1.68. The summed E-state index contributed by atoms with van der Waals surface area (Å²) >= 11 is 0. The first kappa shape index (κ1) is 36.5. The predicted molar refractivity (Wildman–Crippen MR) is 162 cm³/mol. The number of aryl methyl sites for hydroxylation is 1. The van der Waals surface area contributed by atoms with E-state index < -0.39 is 41.6 Å². The lowest BCUT2D eigenvalue weighted by molar-refractivity contribution is -0.143. The van der Waals surface area contributed by atoms with E-state index >= 15 is 0 Å². The first-order valence-electron chi connectivity index (χ1n) is 15.5. The Labute approximate surface area is 274 Å². The highest BCUT2D eigenvalue weighted by atomic mass is 19.4. The highest BCUT2D eigenvalue weighted by Gasteiger charge is 2.41. The minimum atomic E-state index is -5.01. The summed E-state index contributed by atoms with van der Waals surface area (Å²) in [6.45, 7) is 3.41. The fraction of sp³-hybridized carbons (Fsp3) is 0.531. The van der Waals surface area contributed by atoms with Crippen LogP contribution in [0.15, 0.2) is 43.0 Å². The van der Waals surface area contributed by atoms with E-state index in [4.69, 9.17) is 4.74 Å². The van der Waals surface area contributed by atoms with Gasteiger partial charge in [0, 0.05) is 67.9 Å². The Morgan fingerprint density at radius 2 is 1.50 bits per heavy atom. The molecule has 4 rings (SSSR count). The summed E-state index contributed by atoms with van der Waals surface area (Å²) in [5.41, 5.74) is -1.71. The molecule has 10 nitrogen and oxygen atoms in total. The third-order valence-electron chi connectivity index (χ3n) is 8.38. The molecule has 2 unspecified atom stereocenters. The lowest BCUT2D eigenvalue weighted by atomic mass is 9.87. The smallest absolute Gasteiger partial charge is 0.416 e. The number of halogens is 6. The topological polar surface area (TPSA) is 103 Å². The van der Waals surface area contributed by atoms with Crippen LogP contribution in [-0.2, 0) is 40.2 Å². The van der Waals surface area contributed by atoms with Crippen molar-refractivity contribution in [2.45, 2.75) is 89.4 Å². The van der Waals surface area contributed by atoms with Gasteiger partial charge in [0.25, 0.3) is 0 Å². The maximum absolute atomic E-state index is 13.8. The molecular formula is C32H38F6N6O4. The highest BCUT2D eigenvalue weighted by molar-refractivity contribution is 5.70. The number of ether oxygens (including phenoxy) is 2. The Bertz CT molecular complexity index is 1500. The maximum atomic E-state index is 13.8. The van der Waals surface area contributed by atoms with E-state index in [2.05, 4.69) is 19.8 Å². The van der Waals surface area contributed by atoms with Crippen LogP contribution >= 0.6 is 0 Å². The molecule has 16 heteroatoms. The van der Waals surface area contributed by atoms with E-state index in [1.807, 2.05) is 13.8 Å². The van der Waals surface area contributed by atoms with Gasteiger partial charge in [-0.15, -0.1) is 0 Å². The van der Waals surface area contributed by atoms with Crippen molar-refractivity contribution in [2.24, 2.45) is 7.05 Å². The molecule has 0 bridgehead atoms. The Kier molecular flexibility index (Phi) is 11.6. The van der Waals surface area contributed by atoms with Gasteiger partial charge in [0.15, 0.2) is 0 Å². The SMILES string of the molecule is CCC1CC(N(Cc2cc(C(F)(F)F)cc(C(F)(F)F)c2)c2ncc(-c3cnn(C)c3)cn2)C[C@@H](CC)N1C(=O)OCCCC(=O)OC. The van der Waals surface area contributed by atoms with Crippen LogP contribution in [0.2, 0.25) is 0 Å². The van der Waals surface area contributed by atoms with E-state index in [0.29, 0.717) is 43.4 Å². The monoisotopic (exact) mass is 684 g/mol. The molecule has 1 aliphatic rings. The van der Waals surface area contributed by atoms with Crippen molar-refractivity contribution < 1.29 is 45.4 Å². The third-order valence-corrected chi connectivity index (χ3v) is 8.38. The number of nitrogens with zero attached hydrogens (tertiary/aromatic N) is 6. The molecule has 2 aromatic heterocycles. The van der Waals surface area contributed by atoms with Gasteiger partial charge in [-0.05, 0) is 55.9 Å². The van der Waals surface area contributed by atoms with Crippen molar-refractivity contribution >= 4 is 18.0 Å². The molecule has 3 atom stereocenters. The van der Waals surface area contributed by atoms with Gasteiger partial charge in [0.2, 0.25) is 5.95 Å². The molecule has 1 amide bonds. The summed E-state index contributed by atoms with van der Waals surface area (Å²) < 4.78 is 94.2. The molecule has 1 aliphatic heterocycles. The van der Waals surface area contributed by atoms with E-state index in [0.717, 1.165) is 5.56 Å². The van der Waals surface area contributed by atoms with Crippen molar-refractivity contribution in [3.8, 4) is 11.1 Å². The van der Waals surface area contributed by atoms with Crippen molar-refractivity contribution in [1.29, 1.82) is 0 Å². The van der Waals surface area contributed by atoms with Gasteiger partial charge in [-0.25, -0.2) is 14.8 Å². The molecule has 1 fully saturated rings. The molecule has 3 heterocycles. The van der Waals surface area contributed by atoms with Crippen molar-refractivity contribution in [3.05, 3.63) is 59.7 Å². The lowest BCUT2D eigenvalue weighted by Gasteiger charge is -2.47. The average molecular weight is 685 g/mol. The normalized spacial score (nSPS) is 18.5. The van der Waals surface area contributed by atoms with Gasteiger partial charge in [0.1, 0.15) is 0 Å². The van der Waals surface area contributed by atoms with Gasteiger partial charge in [-0.2, -0.15) is 31.4 Å². The van der Waals surface area contributed by atoms with Gasteiger partial charge >= 0.3 is 24.4 Å². The zero-order chi connectivity index (χ0) is 35.2. The van der Waals surface area contributed by atoms with Crippen LogP contribution in [0, 0.1) is 0 Å². The number of rotatable bonds is 11. The summed E-state index contributed by atoms with van der Waals surface area (Å²) in [5, 5.41) is 4.13. The molecule has 1 aromatic carbocycles. The number of hydrogen-bond acceptors (Lipinski definition) is 8. The minimum absolute atomic E-state index is 0.00105. The third kappa shape index (κ3) is 8.95. The molecule has 0 aliphatic carbocycles. The number of benzene rings is 1. The van der Waals surface area contributed by atoms with Crippen molar-refractivity contribution in [2.75, 3.05) is 18.6 Å². The number of anilines is 1. The second-order valence-corrected chi connectivity index (χ2v) is 11.7. The van der Waals surface area contributed by atoms with Crippen molar-refractivity contribution in [3.63, 3.8) is 0 Å². The first-order valence-corrected chi connectivity index (χ1v) is 15.5. The number of carbonyl (C=O) groups excluding carboxylic acids is 2. The second-order valence-electron chi connectivity index (χ2n) is 11.7. The predicted octanol–water partition coefficient (Wildman–Crippen LogP) is 7.03. The molecule has 0 radical (unpaired) electrons. The number of carbonyl (C=O) groups is 2. The Morgan fingerprint density at radius 1 is 0.917 bits per heavy atom. The molecule has 262 valence electrons. The van der Waals surface area contributed by atoms with Crippen LogP contribution < -0.4 is 4.90 Å². The zero-order valence-electron chi connectivity index (χ0n) is 27.0. The van der Waals surface area contributed by atoms with E-state index in [9.17, 15) is 35.9 Å². The quantitative estimate of drug-likeness (QED) is 0.121. The lowest BCUT2D eigenvalue weighted by Crippen LogP contribution is -2.57. The zero-order valence-corrected chi connectivity index (χ0v) is 27.0. The minimum Gasteiger partial charge on any atom is -0.469 e. The van der Waals surface area contributed by atoms with E-state index in [1.165, 1.54) is 19.5 Å². The summed E-state index contributed by atoms with van der Waals surface area (Å²) in [6.07, 6.45) is -2.16. The van der Waals surface area contributed by atoms with Crippen LogP contribution in [0.1, 0.15) is 69.1 Å². The average Bonchev–Trinajstić information content (AvgIpc) is 3.49. The molecule has 48 heavy (non-hydrogen) atoms. The van der Waals surface area contributed by atoms with E-state index in [-0.39, 0.29) is 55.7 Å². The number of aromatic nitrogens is 4. The van der Waals surface area contributed by atoms with E-state index in [1.54, 1.807) is 33.9 Å². The van der Waals surface area contributed by atoms with Gasteiger partial charge < -0.3 is 19.3 Å². The summed E-state index contributed by atoms with van der Waals surface area (Å²) in [7, 11) is 3.01. The van der Waals surface area contributed by atoms with Gasteiger partial charge in [0.05, 0.1) is 31.0 Å². The molecular weight excluding hydrogens is 646 g/mol. The standard InChI is InChI=1S/C32H38F6N6O4/c1-5-25-13-27(14-26(6-2)44(25)30(46)48-9-7-8-28(45)47-4)43(29-39-15-21(16-40-29)22-17-41-42(3)19-22)18-20-10-23(31(33,34)35)12-24(11-20)32(36,37)38/h10-12,15-17,19,25-27H,5-9,13-14,18H2,1-4H3/t25-,26?,27?/m1/s1. The maximum Gasteiger partial charge on any atom is 0.416 e. The van der Waals surface area contributed by atoms with Crippen LogP contribution in [0.4, 0.5) is 37.1 Å². The Morgan fingerprint density at radius 3 is 1.98 bits per heavy atom. The molecule has 0 N–H and O–H groups in total. The molecule has 0 spiro atoms. The fourth-order valence-corrected chi connectivity index (χ4v) is 5.94. The summed E-state index contributed by atoms with van der Waals surface area (Å²) in [5.74, 6) is -0.314. The number of amides is 1. The number of methoxy groups -OCH3 is 1. The number of alkyl halides is 6. The number of hydrogen-bond donors (Lipinski definition) is 0. The number of likely N-dealkylation sites (tertiary alicyclic amines) is 1. The van der Waals surface area contributed by atoms with Crippen LogP contribution in [0.5, 0.6) is 0 Å². The Hall–Kier alpha value is -4.37. The van der Waals surface area contributed by atoms with Crippen LogP contribution in [-0.4, -0.2) is 68.6 Å². The van der Waals surface area contributed by atoms with Crippen LogP contribution in [0.25, 0.3) is 11.1 Å². The number of esters is 1. The second kappa shape index (κ2) is 15.2. The first-order chi connectivity index (χ1) is 22.6. The highest BCUT2D eigenvalue weighted by Crippen LogP contribution is 2.38. The van der Waals surface area contributed by atoms with Crippen LogP contribution in [0.3, 0.4) is 0 Å². The molecule has 3 aromatic rings. The molecule has 1 saturated heterocycles. The van der Waals surface area contributed by atoms with Gasteiger partial charge in [-0.1, -0.05) is 13.8 Å². The molecule has 0 saturated carbocycles. The fourth-order valence-electron chi connectivity index (χ4n) is 5.94. The summed E-state index contributed by atoms with van der Waals surface area (Å²) in [6, 6.07) is 0.320. The number of piperidine rings is 1. The largest absolute Gasteiger partial charge is 0.469 e. The van der Waals surface area contributed by atoms with Gasteiger partial charge in [-0.3, -0.25) is 9.48 Å². The van der Waals surface area contributed by atoms with Crippen molar-refractivity contribution in [1.82, 2.24) is 24.6 Å².